The van der Waals surface area contributed by atoms with Gasteiger partial charge >= 0.3 is 0 Å². The van der Waals surface area contributed by atoms with Gasteiger partial charge in [-0.3, -0.25) is 14.2 Å². The molecule has 0 atom stereocenters. The monoisotopic (exact) mass is 329 g/mol. The Bertz CT molecular complexity index is 910. The Kier molecular flexibility index (Phi) is 4.22. The largest absolute Gasteiger partial charge is 0.364 e. The Morgan fingerprint density at radius 1 is 1.38 bits per heavy atom. The molecular formula is C15H19N7O2. The maximum atomic E-state index is 12.6. The fourth-order valence-corrected chi connectivity index (χ4v) is 2.80. The second-order valence-electron chi connectivity index (χ2n) is 5.50. The molecule has 1 aliphatic heterocycles. The summed E-state index contributed by atoms with van der Waals surface area (Å²) < 4.78 is 2.86. The molecule has 0 saturated carbocycles. The first-order chi connectivity index (χ1) is 11.5. The molecule has 126 valence electrons. The standard InChI is InChI=1S/C15H19N7O2/c1-3-4-7-22-12-10(11(13(16)23)19-20(2)14(12)24)18-15(22)21-8-5-17-6-9-21/h17H,5-9H2,1-2H3,(H2,16,23). The molecule has 9 nitrogen and oxygen atoms in total. The van der Waals surface area contributed by atoms with E-state index in [2.05, 4.69) is 32.1 Å². The first-order valence-electron chi connectivity index (χ1n) is 7.67. The molecule has 24 heavy (non-hydrogen) atoms. The van der Waals surface area contributed by atoms with Crippen molar-refractivity contribution in [2.24, 2.45) is 12.8 Å². The molecular weight excluding hydrogens is 310 g/mol. The second-order valence-corrected chi connectivity index (χ2v) is 5.50. The summed E-state index contributed by atoms with van der Waals surface area (Å²) in [6.07, 6.45) is 0. The number of amides is 1. The fourth-order valence-electron chi connectivity index (χ4n) is 2.80. The Balaban J connectivity index is 2.31. The van der Waals surface area contributed by atoms with Gasteiger partial charge in [-0.25, -0.2) is 9.67 Å². The van der Waals surface area contributed by atoms with Gasteiger partial charge in [-0.2, -0.15) is 5.10 Å². The van der Waals surface area contributed by atoms with Crippen LogP contribution in [0.5, 0.6) is 0 Å². The van der Waals surface area contributed by atoms with E-state index in [0.717, 1.165) is 30.9 Å². The van der Waals surface area contributed by atoms with Crippen LogP contribution in [0.3, 0.4) is 0 Å². The van der Waals surface area contributed by atoms with E-state index >= 15 is 0 Å². The van der Waals surface area contributed by atoms with E-state index < -0.39 is 5.91 Å². The molecule has 0 aromatic carbocycles. The van der Waals surface area contributed by atoms with Gasteiger partial charge in [0.15, 0.2) is 5.69 Å². The van der Waals surface area contributed by atoms with Gasteiger partial charge in [0.25, 0.3) is 11.5 Å². The summed E-state index contributed by atoms with van der Waals surface area (Å²) in [5, 5.41) is 7.24. The van der Waals surface area contributed by atoms with E-state index in [0.29, 0.717) is 18.0 Å². The zero-order valence-corrected chi connectivity index (χ0v) is 13.7. The van der Waals surface area contributed by atoms with Crippen LogP contribution < -0.4 is 21.5 Å². The number of carbonyl (C=O) groups is 1. The molecule has 9 heteroatoms. The fraction of sp³-hybridized carbons (Fsp3) is 0.467. The number of primary amides is 1. The minimum absolute atomic E-state index is 0.00769. The lowest BCUT2D eigenvalue weighted by molar-refractivity contribution is 0.0995. The summed E-state index contributed by atoms with van der Waals surface area (Å²) in [5.41, 5.74) is 5.62. The predicted octanol–water partition coefficient (Wildman–Crippen LogP) is -1.34. The molecule has 1 saturated heterocycles. The normalized spacial score (nSPS) is 14.5. The summed E-state index contributed by atoms with van der Waals surface area (Å²) in [4.78, 5) is 30.9. The summed E-state index contributed by atoms with van der Waals surface area (Å²) in [7, 11) is 1.49. The van der Waals surface area contributed by atoms with Crippen molar-refractivity contribution in [1.29, 1.82) is 0 Å². The highest BCUT2D eigenvalue weighted by Crippen LogP contribution is 2.22. The van der Waals surface area contributed by atoms with Crippen molar-refractivity contribution in [3.8, 4) is 11.8 Å². The molecule has 0 aliphatic carbocycles. The first kappa shape index (κ1) is 16.0. The van der Waals surface area contributed by atoms with Crippen LogP contribution in [0.1, 0.15) is 17.4 Å². The van der Waals surface area contributed by atoms with Gasteiger partial charge in [0.05, 0.1) is 6.54 Å². The molecule has 3 N–H and O–H groups in total. The Morgan fingerprint density at radius 2 is 2.08 bits per heavy atom. The average molecular weight is 329 g/mol. The van der Waals surface area contributed by atoms with Gasteiger partial charge in [-0.1, -0.05) is 5.92 Å². The number of nitrogens with two attached hydrogens (primary N) is 1. The Labute approximate surface area is 138 Å². The quantitative estimate of drug-likeness (QED) is 0.675. The minimum Gasteiger partial charge on any atom is -0.364 e. The maximum Gasteiger partial charge on any atom is 0.292 e. The average Bonchev–Trinajstić information content (AvgIpc) is 2.96. The summed E-state index contributed by atoms with van der Waals surface area (Å²) in [6, 6.07) is 0. The van der Waals surface area contributed by atoms with Crippen LogP contribution in [0.25, 0.3) is 11.0 Å². The van der Waals surface area contributed by atoms with E-state index in [9.17, 15) is 9.59 Å². The Morgan fingerprint density at radius 3 is 2.71 bits per heavy atom. The van der Waals surface area contributed by atoms with Crippen LogP contribution in [-0.2, 0) is 13.6 Å². The highest BCUT2D eigenvalue weighted by Gasteiger charge is 2.25. The lowest BCUT2D eigenvalue weighted by Crippen LogP contribution is -2.44. The van der Waals surface area contributed by atoms with Crippen molar-refractivity contribution in [3.05, 3.63) is 16.0 Å². The van der Waals surface area contributed by atoms with Crippen LogP contribution in [-0.4, -0.2) is 51.4 Å². The molecule has 0 spiro atoms. The number of rotatable bonds is 3. The number of anilines is 1. The molecule has 0 bridgehead atoms. The van der Waals surface area contributed by atoms with Crippen LogP contribution >= 0.6 is 0 Å². The third kappa shape index (κ3) is 2.61. The van der Waals surface area contributed by atoms with Crippen molar-refractivity contribution in [2.75, 3.05) is 31.1 Å². The molecule has 1 aliphatic rings. The molecule has 2 aromatic rings. The summed E-state index contributed by atoms with van der Waals surface area (Å²) >= 11 is 0. The number of nitrogens with one attached hydrogen (secondary N) is 1. The number of nitrogens with zero attached hydrogens (tertiary/aromatic N) is 5. The van der Waals surface area contributed by atoms with Crippen LogP contribution in [0.15, 0.2) is 4.79 Å². The number of carbonyl (C=O) groups excluding carboxylic acids is 1. The maximum absolute atomic E-state index is 12.6. The third-order valence-corrected chi connectivity index (χ3v) is 3.97. The van der Waals surface area contributed by atoms with Gasteiger partial charge in [0, 0.05) is 33.2 Å². The van der Waals surface area contributed by atoms with E-state index in [4.69, 9.17) is 5.73 Å². The number of piperazine rings is 1. The molecule has 3 heterocycles. The molecule has 1 fully saturated rings. The number of hydrogen-bond acceptors (Lipinski definition) is 6. The van der Waals surface area contributed by atoms with Crippen molar-refractivity contribution in [2.45, 2.75) is 13.5 Å². The summed E-state index contributed by atoms with van der Waals surface area (Å²) in [6.45, 7) is 5.19. The topological polar surface area (TPSA) is 111 Å². The third-order valence-electron chi connectivity index (χ3n) is 3.97. The van der Waals surface area contributed by atoms with Crippen molar-refractivity contribution in [3.63, 3.8) is 0 Å². The van der Waals surface area contributed by atoms with Gasteiger partial charge in [0.2, 0.25) is 5.95 Å². The highest BCUT2D eigenvalue weighted by atomic mass is 16.1. The zero-order valence-electron chi connectivity index (χ0n) is 13.7. The van der Waals surface area contributed by atoms with Crippen LogP contribution in [0.2, 0.25) is 0 Å². The number of imidazole rings is 1. The van der Waals surface area contributed by atoms with E-state index in [1.807, 2.05) is 0 Å². The van der Waals surface area contributed by atoms with Gasteiger partial charge in [0.1, 0.15) is 11.0 Å². The first-order valence-corrected chi connectivity index (χ1v) is 7.67. The predicted molar refractivity (Wildman–Crippen MR) is 89.8 cm³/mol. The SMILES string of the molecule is CC#CCn1c(N2CCNCC2)nc2c(C(N)=O)nn(C)c(=O)c21. The minimum atomic E-state index is -0.714. The van der Waals surface area contributed by atoms with Crippen molar-refractivity contribution < 1.29 is 4.79 Å². The second kappa shape index (κ2) is 6.33. The van der Waals surface area contributed by atoms with E-state index in [1.165, 1.54) is 7.05 Å². The number of aromatic nitrogens is 4. The molecule has 3 rings (SSSR count). The van der Waals surface area contributed by atoms with E-state index in [-0.39, 0.29) is 16.8 Å². The molecule has 2 aromatic heterocycles. The number of aryl methyl sites for hydroxylation is 1. The number of hydrogen-bond donors (Lipinski definition) is 2. The Hall–Kier alpha value is -2.86. The molecule has 0 radical (unpaired) electrons. The lowest BCUT2D eigenvalue weighted by atomic mass is 10.3. The van der Waals surface area contributed by atoms with Gasteiger partial charge in [-0.05, 0) is 6.92 Å². The van der Waals surface area contributed by atoms with Crippen molar-refractivity contribution in [1.82, 2.24) is 24.6 Å². The van der Waals surface area contributed by atoms with Gasteiger partial charge < -0.3 is 16.0 Å². The molecule has 1 amide bonds. The summed E-state index contributed by atoms with van der Waals surface area (Å²) in [5.74, 6) is 5.69. The van der Waals surface area contributed by atoms with E-state index in [1.54, 1.807) is 11.5 Å². The highest BCUT2D eigenvalue weighted by molar-refractivity contribution is 6.02. The van der Waals surface area contributed by atoms with Gasteiger partial charge in [-0.15, -0.1) is 5.92 Å². The molecule has 0 unspecified atom stereocenters. The van der Waals surface area contributed by atoms with Crippen molar-refractivity contribution >= 4 is 22.9 Å². The number of fused-ring (bicyclic) bond motifs is 1. The smallest absolute Gasteiger partial charge is 0.292 e. The lowest BCUT2D eigenvalue weighted by Gasteiger charge is -2.28. The van der Waals surface area contributed by atoms with Crippen LogP contribution in [0, 0.1) is 11.8 Å². The zero-order chi connectivity index (χ0) is 17.3. The van der Waals surface area contributed by atoms with Crippen LogP contribution in [0.4, 0.5) is 5.95 Å².